The topological polar surface area (TPSA) is 73.5 Å². The quantitative estimate of drug-likeness (QED) is 0.694. The van der Waals surface area contributed by atoms with E-state index in [2.05, 4.69) is 34.7 Å². The van der Waals surface area contributed by atoms with E-state index in [1.165, 1.54) is 13.5 Å². The van der Waals surface area contributed by atoms with Crippen molar-refractivity contribution in [2.75, 3.05) is 20.1 Å². The van der Waals surface area contributed by atoms with Gasteiger partial charge in [0.15, 0.2) is 0 Å². The van der Waals surface area contributed by atoms with Crippen LogP contribution in [0.15, 0.2) is 0 Å². The van der Waals surface area contributed by atoms with Crippen molar-refractivity contribution in [3.05, 3.63) is 0 Å². The van der Waals surface area contributed by atoms with Crippen LogP contribution in [0.5, 0.6) is 0 Å². The highest BCUT2D eigenvalue weighted by Gasteiger charge is 2.30. The summed E-state index contributed by atoms with van der Waals surface area (Å²) in [4.78, 5) is 25.5. The molecule has 0 bridgehead atoms. The van der Waals surface area contributed by atoms with Gasteiger partial charge in [0.2, 0.25) is 5.91 Å². The number of likely N-dealkylation sites (tertiary alicyclic amines) is 1. The Balaban J connectivity index is 2.59. The van der Waals surface area contributed by atoms with E-state index in [0.717, 1.165) is 25.9 Å². The van der Waals surface area contributed by atoms with Gasteiger partial charge in [-0.2, -0.15) is 0 Å². The first-order valence-electron chi connectivity index (χ1n) is 7.47. The largest absolute Gasteiger partial charge is 0.341 e. The summed E-state index contributed by atoms with van der Waals surface area (Å²) >= 11 is 0. The van der Waals surface area contributed by atoms with E-state index < -0.39 is 6.03 Å². The number of carbonyl (C=O) groups is 2. The molecule has 0 aromatic rings. The minimum atomic E-state index is -0.448. The summed E-state index contributed by atoms with van der Waals surface area (Å²) in [5.74, 6) is -0.235. The van der Waals surface area contributed by atoms with Crippen LogP contribution in [0.25, 0.3) is 0 Å². The lowest BCUT2D eigenvalue weighted by Crippen LogP contribution is -2.56. The minimum absolute atomic E-state index is 0.235. The number of urea groups is 1. The lowest BCUT2D eigenvalue weighted by Gasteiger charge is -2.39. The summed E-state index contributed by atoms with van der Waals surface area (Å²) in [7, 11) is 1.50. The van der Waals surface area contributed by atoms with Gasteiger partial charge < -0.3 is 10.6 Å². The molecular weight excluding hydrogens is 256 g/mol. The van der Waals surface area contributed by atoms with Crippen molar-refractivity contribution < 1.29 is 9.59 Å². The van der Waals surface area contributed by atoms with E-state index in [-0.39, 0.29) is 11.9 Å². The second-order valence-electron chi connectivity index (χ2n) is 5.69. The molecule has 2 unspecified atom stereocenters. The fourth-order valence-corrected chi connectivity index (χ4v) is 2.55. The Kier molecular flexibility index (Phi) is 6.95. The van der Waals surface area contributed by atoms with E-state index >= 15 is 0 Å². The number of rotatable bonds is 5. The Labute approximate surface area is 121 Å². The molecule has 116 valence electrons. The van der Waals surface area contributed by atoms with Crippen LogP contribution in [0.3, 0.4) is 0 Å². The van der Waals surface area contributed by atoms with Crippen molar-refractivity contribution in [2.24, 2.45) is 0 Å². The van der Waals surface area contributed by atoms with Gasteiger partial charge in [-0.25, -0.2) is 4.79 Å². The van der Waals surface area contributed by atoms with Crippen molar-refractivity contribution in [2.45, 2.75) is 58.2 Å². The van der Waals surface area contributed by atoms with Gasteiger partial charge in [-0.3, -0.25) is 15.0 Å². The zero-order valence-electron chi connectivity index (χ0n) is 13.0. The number of hydrogen-bond donors (Lipinski definition) is 3. The molecule has 1 rings (SSSR count). The smallest absolute Gasteiger partial charge is 0.321 e. The van der Waals surface area contributed by atoms with E-state index in [0.29, 0.717) is 12.1 Å². The lowest BCUT2D eigenvalue weighted by atomic mass is 9.99. The summed E-state index contributed by atoms with van der Waals surface area (Å²) in [6.07, 6.45) is 3.40. The number of amides is 3. The molecule has 6 nitrogen and oxygen atoms in total. The molecule has 1 fully saturated rings. The fourth-order valence-electron chi connectivity index (χ4n) is 2.55. The molecule has 1 aliphatic rings. The standard InChI is InChI=1S/C14H28N4O2/c1-10(2)16-9-12-7-5-6-8-18(12)11(3)13(19)17-14(20)15-4/h10-12,16H,5-9H2,1-4H3,(H2,15,17,19,20). The average Bonchev–Trinajstić information content (AvgIpc) is 2.44. The van der Waals surface area contributed by atoms with E-state index in [1.807, 2.05) is 6.92 Å². The minimum Gasteiger partial charge on any atom is -0.341 e. The second kappa shape index (κ2) is 8.21. The first-order valence-corrected chi connectivity index (χ1v) is 7.47. The highest BCUT2D eigenvalue weighted by Crippen LogP contribution is 2.19. The van der Waals surface area contributed by atoms with Crippen molar-refractivity contribution >= 4 is 11.9 Å². The molecule has 20 heavy (non-hydrogen) atoms. The molecule has 0 radical (unpaired) electrons. The molecule has 3 N–H and O–H groups in total. The molecule has 0 aromatic heterocycles. The second-order valence-corrected chi connectivity index (χ2v) is 5.69. The monoisotopic (exact) mass is 284 g/mol. The van der Waals surface area contributed by atoms with Crippen LogP contribution < -0.4 is 16.0 Å². The molecule has 1 aliphatic heterocycles. The van der Waals surface area contributed by atoms with E-state index in [1.54, 1.807) is 0 Å². The van der Waals surface area contributed by atoms with Crippen LogP contribution in [0, 0.1) is 0 Å². The van der Waals surface area contributed by atoms with Crippen LogP contribution in [0.2, 0.25) is 0 Å². The van der Waals surface area contributed by atoms with Gasteiger partial charge >= 0.3 is 6.03 Å². The Morgan fingerprint density at radius 3 is 2.55 bits per heavy atom. The maximum absolute atomic E-state index is 12.1. The number of nitrogens with one attached hydrogen (secondary N) is 3. The van der Waals surface area contributed by atoms with Crippen LogP contribution >= 0.6 is 0 Å². The van der Waals surface area contributed by atoms with Gasteiger partial charge in [0.1, 0.15) is 0 Å². The van der Waals surface area contributed by atoms with Crippen molar-refractivity contribution in [1.29, 1.82) is 0 Å². The van der Waals surface area contributed by atoms with Crippen LogP contribution in [-0.4, -0.2) is 55.1 Å². The maximum atomic E-state index is 12.1. The Morgan fingerprint density at radius 1 is 1.25 bits per heavy atom. The molecule has 6 heteroatoms. The Bertz CT molecular complexity index is 333. The van der Waals surface area contributed by atoms with E-state index in [9.17, 15) is 9.59 Å². The third-order valence-corrected chi connectivity index (χ3v) is 3.78. The van der Waals surface area contributed by atoms with Crippen LogP contribution in [-0.2, 0) is 4.79 Å². The average molecular weight is 284 g/mol. The molecule has 2 atom stereocenters. The lowest BCUT2D eigenvalue weighted by molar-refractivity contribution is -0.126. The zero-order chi connectivity index (χ0) is 15.1. The maximum Gasteiger partial charge on any atom is 0.321 e. The summed E-state index contributed by atoms with van der Waals surface area (Å²) < 4.78 is 0. The first kappa shape index (κ1) is 16.9. The summed E-state index contributed by atoms with van der Waals surface area (Å²) in [6.45, 7) is 7.90. The fraction of sp³-hybridized carbons (Fsp3) is 0.857. The predicted molar refractivity (Wildman–Crippen MR) is 79.5 cm³/mol. The summed E-state index contributed by atoms with van der Waals surface area (Å²) in [5, 5.41) is 8.20. The third-order valence-electron chi connectivity index (χ3n) is 3.78. The molecule has 0 aliphatic carbocycles. The highest BCUT2D eigenvalue weighted by molar-refractivity contribution is 5.96. The highest BCUT2D eigenvalue weighted by atomic mass is 16.2. The molecule has 0 spiro atoms. The number of imide groups is 1. The normalized spacial score (nSPS) is 21.6. The van der Waals surface area contributed by atoms with Crippen molar-refractivity contribution in [1.82, 2.24) is 20.9 Å². The zero-order valence-corrected chi connectivity index (χ0v) is 13.0. The molecule has 1 saturated heterocycles. The van der Waals surface area contributed by atoms with Crippen molar-refractivity contribution in [3.63, 3.8) is 0 Å². The third kappa shape index (κ3) is 5.09. The molecular formula is C14H28N4O2. The number of piperidine rings is 1. The van der Waals surface area contributed by atoms with E-state index in [4.69, 9.17) is 0 Å². The van der Waals surface area contributed by atoms with Crippen LogP contribution in [0.1, 0.15) is 40.0 Å². The van der Waals surface area contributed by atoms with Gasteiger partial charge in [-0.1, -0.05) is 20.3 Å². The van der Waals surface area contributed by atoms with Crippen molar-refractivity contribution in [3.8, 4) is 0 Å². The Morgan fingerprint density at radius 2 is 1.95 bits per heavy atom. The predicted octanol–water partition coefficient (Wildman–Crippen LogP) is 0.683. The number of hydrogen-bond acceptors (Lipinski definition) is 4. The van der Waals surface area contributed by atoms with Gasteiger partial charge in [-0.05, 0) is 26.3 Å². The molecule has 0 saturated carbocycles. The molecule has 3 amide bonds. The number of carbonyl (C=O) groups excluding carboxylic acids is 2. The van der Waals surface area contributed by atoms with Gasteiger partial charge in [0.05, 0.1) is 6.04 Å². The summed E-state index contributed by atoms with van der Waals surface area (Å²) in [5.41, 5.74) is 0. The molecule has 0 aromatic carbocycles. The number of nitrogens with zero attached hydrogens (tertiary/aromatic N) is 1. The summed E-state index contributed by atoms with van der Waals surface area (Å²) in [6, 6.07) is 0.0626. The molecule has 1 heterocycles. The first-order chi connectivity index (χ1) is 9.45. The van der Waals surface area contributed by atoms with Gasteiger partial charge in [0, 0.05) is 25.7 Å². The van der Waals surface area contributed by atoms with Crippen LogP contribution in [0.4, 0.5) is 4.79 Å². The van der Waals surface area contributed by atoms with Gasteiger partial charge in [-0.15, -0.1) is 0 Å². The SMILES string of the molecule is CNC(=O)NC(=O)C(C)N1CCCCC1CNC(C)C. The van der Waals surface area contributed by atoms with Gasteiger partial charge in [0.25, 0.3) is 0 Å². The Hall–Kier alpha value is -1.14.